The predicted molar refractivity (Wildman–Crippen MR) is 66.2 cm³/mol. The van der Waals surface area contributed by atoms with Crippen LogP contribution in [-0.2, 0) is 4.79 Å². The molecule has 2 rings (SSSR count). The highest BCUT2D eigenvalue weighted by molar-refractivity contribution is 8.00. The third-order valence-corrected chi connectivity index (χ3v) is 3.48. The molecular formula is C10H14N4OS. The molecule has 5 nitrogen and oxygen atoms in total. The first-order valence-electron chi connectivity index (χ1n) is 4.99. The minimum Gasteiger partial charge on any atom is -0.371 e. The average molecular weight is 238 g/mol. The standard InChI is InChI=1S/C10H14N4OS/c1-6-10(15)14-8-4-7(12-5-13-11)2-3-9(8)16-6/h2-4,6,12-13H,5,11H2,1H3,(H,14,15). The van der Waals surface area contributed by atoms with Crippen molar-refractivity contribution >= 4 is 29.0 Å². The number of rotatable bonds is 3. The molecule has 16 heavy (non-hydrogen) atoms. The number of amides is 1. The molecule has 0 bridgehead atoms. The maximum Gasteiger partial charge on any atom is 0.237 e. The first-order chi connectivity index (χ1) is 7.70. The zero-order valence-corrected chi connectivity index (χ0v) is 9.73. The van der Waals surface area contributed by atoms with Crippen molar-refractivity contribution in [3.8, 4) is 0 Å². The summed E-state index contributed by atoms with van der Waals surface area (Å²) in [5.74, 6) is 5.22. The fourth-order valence-electron chi connectivity index (χ4n) is 1.47. The van der Waals surface area contributed by atoms with Gasteiger partial charge in [-0.2, -0.15) is 0 Å². The second kappa shape index (κ2) is 4.73. The summed E-state index contributed by atoms with van der Waals surface area (Å²) in [5.41, 5.74) is 4.29. The molecule has 0 aromatic heterocycles. The smallest absolute Gasteiger partial charge is 0.237 e. The minimum atomic E-state index is -0.0305. The van der Waals surface area contributed by atoms with Crippen molar-refractivity contribution in [1.29, 1.82) is 0 Å². The molecule has 0 saturated carbocycles. The van der Waals surface area contributed by atoms with E-state index in [1.807, 2.05) is 25.1 Å². The lowest BCUT2D eigenvalue weighted by Crippen LogP contribution is -2.29. The van der Waals surface area contributed by atoms with Crippen LogP contribution in [0.25, 0.3) is 0 Å². The van der Waals surface area contributed by atoms with E-state index in [-0.39, 0.29) is 11.2 Å². The quantitative estimate of drug-likeness (QED) is 0.358. The molecule has 0 spiro atoms. The molecule has 0 radical (unpaired) electrons. The summed E-state index contributed by atoms with van der Waals surface area (Å²) in [6.07, 6.45) is 0. The van der Waals surface area contributed by atoms with Gasteiger partial charge in [0.05, 0.1) is 17.6 Å². The van der Waals surface area contributed by atoms with Gasteiger partial charge in [0.25, 0.3) is 0 Å². The number of nitrogens with two attached hydrogens (primary N) is 1. The molecule has 0 aliphatic carbocycles. The van der Waals surface area contributed by atoms with Gasteiger partial charge in [-0.25, -0.2) is 5.43 Å². The Kier molecular flexibility index (Phi) is 3.33. The molecule has 1 aliphatic rings. The largest absolute Gasteiger partial charge is 0.371 e. The third-order valence-electron chi connectivity index (χ3n) is 2.30. The Morgan fingerprint density at radius 1 is 1.56 bits per heavy atom. The number of carbonyl (C=O) groups excluding carboxylic acids is 1. The molecule has 1 aliphatic heterocycles. The van der Waals surface area contributed by atoms with Gasteiger partial charge in [-0.05, 0) is 25.1 Å². The van der Waals surface area contributed by atoms with E-state index < -0.39 is 0 Å². The summed E-state index contributed by atoms with van der Waals surface area (Å²) in [4.78, 5) is 12.6. The molecule has 0 saturated heterocycles. The van der Waals surface area contributed by atoms with Crippen LogP contribution in [0, 0.1) is 0 Å². The van der Waals surface area contributed by atoms with Crippen molar-refractivity contribution < 1.29 is 4.79 Å². The number of benzene rings is 1. The van der Waals surface area contributed by atoms with Crippen LogP contribution < -0.4 is 21.9 Å². The zero-order chi connectivity index (χ0) is 11.5. The SMILES string of the molecule is CC1Sc2ccc(NCNN)cc2NC1=O. The lowest BCUT2D eigenvalue weighted by atomic mass is 10.2. The Labute approximate surface area is 98.1 Å². The summed E-state index contributed by atoms with van der Waals surface area (Å²) in [6, 6.07) is 5.87. The Morgan fingerprint density at radius 3 is 3.12 bits per heavy atom. The second-order valence-corrected chi connectivity index (χ2v) is 4.90. The summed E-state index contributed by atoms with van der Waals surface area (Å²) < 4.78 is 0. The van der Waals surface area contributed by atoms with Gasteiger partial charge < -0.3 is 10.6 Å². The number of nitrogens with one attached hydrogen (secondary N) is 3. The van der Waals surface area contributed by atoms with Gasteiger partial charge >= 0.3 is 0 Å². The molecule has 1 aromatic carbocycles. The number of fused-ring (bicyclic) bond motifs is 1. The summed E-state index contributed by atoms with van der Waals surface area (Å²) in [7, 11) is 0. The highest BCUT2D eigenvalue weighted by atomic mass is 32.2. The molecular weight excluding hydrogens is 224 g/mol. The molecule has 1 heterocycles. The van der Waals surface area contributed by atoms with E-state index >= 15 is 0 Å². The Balaban J connectivity index is 2.19. The average Bonchev–Trinajstić information content (AvgIpc) is 2.28. The van der Waals surface area contributed by atoms with E-state index in [0.717, 1.165) is 16.3 Å². The highest BCUT2D eigenvalue weighted by Gasteiger charge is 2.22. The molecule has 1 amide bonds. The number of hydrogen-bond acceptors (Lipinski definition) is 5. The van der Waals surface area contributed by atoms with Crippen molar-refractivity contribution in [2.75, 3.05) is 17.3 Å². The van der Waals surface area contributed by atoms with E-state index in [1.54, 1.807) is 11.8 Å². The van der Waals surface area contributed by atoms with Gasteiger partial charge in [0, 0.05) is 10.6 Å². The van der Waals surface area contributed by atoms with Gasteiger partial charge in [0.15, 0.2) is 0 Å². The predicted octanol–water partition coefficient (Wildman–Crippen LogP) is 0.952. The fraction of sp³-hybridized carbons (Fsp3) is 0.300. The number of anilines is 2. The van der Waals surface area contributed by atoms with Gasteiger partial charge in [-0.3, -0.25) is 10.6 Å². The molecule has 5 N–H and O–H groups in total. The molecule has 1 aromatic rings. The van der Waals surface area contributed by atoms with Gasteiger partial charge in [0.2, 0.25) is 5.91 Å². The van der Waals surface area contributed by atoms with E-state index in [9.17, 15) is 4.79 Å². The lowest BCUT2D eigenvalue weighted by molar-refractivity contribution is -0.115. The normalized spacial score (nSPS) is 18.9. The van der Waals surface area contributed by atoms with Crippen molar-refractivity contribution in [2.45, 2.75) is 17.1 Å². The van der Waals surface area contributed by atoms with Crippen LogP contribution in [0.4, 0.5) is 11.4 Å². The first-order valence-corrected chi connectivity index (χ1v) is 5.87. The lowest BCUT2D eigenvalue weighted by Gasteiger charge is -2.22. The van der Waals surface area contributed by atoms with Crippen molar-refractivity contribution in [3.63, 3.8) is 0 Å². The Hall–Kier alpha value is -1.24. The van der Waals surface area contributed by atoms with Gasteiger partial charge in [0.1, 0.15) is 0 Å². The van der Waals surface area contributed by atoms with Gasteiger partial charge in [-0.1, -0.05) is 0 Å². The maximum absolute atomic E-state index is 11.5. The van der Waals surface area contributed by atoms with Crippen LogP contribution in [0.1, 0.15) is 6.92 Å². The molecule has 0 fully saturated rings. The van der Waals surface area contributed by atoms with Crippen LogP contribution in [0.2, 0.25) is 0 Å². The van der Waals surface area contributed by atoms with Crippen LogP contribution in [0.5, 0.6) is 0 Å². The van der Waals surface area contributed by atoms with Crippen LogP contribution in [0.15, 0.2) is 23.1 Å². The van der Waals surface area contributed by atoms with Crippen molar-refractivity contribution in [3.05, 3.63) is 18.2 Å². The van der Waals surface area contributed by atoms with E-state index in [1.165, 1.54) is 0 Å². The highest BCUT2D eigenvalue weighted by Crippen LogP contribution is 2.36. The zero-order valence-electron chi connectivity index (χ0n) is 8.91. The fourth-order valence-corrected chi connectivity index (χ4v) is 2.40. The number of hydrogen-bond donors (Lipinski definition) is 4. The van der Waals surface area contributed by atoms with Crippen LogP contribution in [-0.4, -0.2) is 17.8 Å². The van der Waals surface area contributed by atoms with Crippen molar-refractivity contribution in [1.82, 2.24) is 5.43 Å². The maximum atomic E-state index is 11.5. The van der Waals surface area contributed by atoms with Gasteiger partial charge in [-0.15, -0.1) is 11.8 Å². The summed E-state index contributed by atoms with van der Waals surface area (Å²) in [6.45, 7) is 2.38. The Bertz CT molecular complexity index is 410. The minimum absolute atomic E-state index is 0.0305. The summed E-state index contributed by atoms with van der Waals surface area (Å²) in [5, 5.41) is 5.92. The summed E-state index contributed by atoms with van der Waals surface area (Å²) >= 11 is 1.57. The monoisotopic (exact) mass is 238 g/mol. The molecule has 6 heteroatoms. The van der Waals surface area contributed by atoms with E-state index in [4.69, 9.17) is 5.84 Å². The van der Waals surface area contributed by atoms with Crippen LogP contribution in [0.3, 0.4) is 0 Å². The van der Waals surface area contributed by atoms with Crippen LogP contribution >= 0.6 is 11.8 Å². The number of carbonyl (C=O) groups is 1. The number of hydrazine groups is 1. The molecule has 1 unspecified atom stereocenters. The van der Waals surface area contributed by atoms with E-state index in [0.29, 0.717) is 6.67 Å². The topological polar surface area (TPSA) is 79.2 Å². The molecule has 1 atom stereocenters. The third kappa shape index (κ3) is 2.29. The second-order valence-electron chi connectivity index (χ2n) is 3.52. The molecule has 86 valence electrons. The Morgan fingerprint density at radius 2 is 2.38 bits per heavy atom. The van der Waals surface area contributed by atoms with E-state index in [2.05, 4.69) is 16.1 Å². The first kappa shape index (κ1) is 11.3. The van der Waals surface area contributed by atoms with Crippen molar-refractivity contribution in [2.24, 2.45) is 5.84 Å². The number of thioether (sulfide) groups is 1.